The van der Waals surface area contributed by atoms with Crippen molar-refractivity contribution in [1.82, 2.24) is 15.1 Å². The molecule has 4 rings (SSSR count). The van der Waals surface area contributed by atoms with Crippen LogP contribution in [0, 0.1) is 5.41 Å². The molecule has 0 spiro atoms. The molecule has 1 aliphatic carbocycles. The largest absolute Gasteiger partial charge is 0.491 e. The van der Waals surface area contributed by atoms with Gasteiger partial charge >= 0.3 is 6.18 Å². The second-order valence-electron chi connectivity index (χ2n) is 10.3. The Labute approximate surface area is 234 Å². The number of anilines is 2. The highest BCUT2D eigenvalue weighted by molar-refractivity contribution is 6.01. The fourth-order valence-corrected chi connectivity index (χ4v) is 4.64. The molecule has 0 saturated carbocycles. The summed E-state index contributed by atoms with van der Waals surface area (Å²) >= 11 is 0. The summed E-state index contributed by atoms with van der Waals surface area (Å²) in [5.74, 6) is -0.835. The molecule has 0 aliphatic heterocycles. The first-order chi connectivity index (χ1) is 19.4. The van der Waals surface area contributed by atoms with Crippen LogP contribution in [-0.2, 0) is 22.1 Å². The number of benzene rings is 2. The van der Waals surface area contributed by atoms with Crippen molar-refractivity contribution in [2.75, 3.05) is 31.7 Å². The number of carbonyl (C=O) groups is 3. The molecule has 3 aromatic rings. The number of fused-ring (bicyclic) bond motifs is 1. The van der Waals surface area contributed by atoms with Gasteiger partial charge in [0.15, 0.2) is 11.5 Å². The van der Waals surface area contributed by atoms with Crippen LogP contribution in [0.1, 0.15) is 52.4 Å². The van der Waals surface area contributed by atoms with E-state index in [4.69, 9.17) is 15.2 Å². The van der Waals surface area contributed by atoms with Gasteiger partial charge in [-0.15, -0.1) is 0 Å². The Hall–Kier alpha value is -4.39. The third kappa shape index (κ3) is 7.04. The molecule has 218 valence electrons. The molecule has 0 radical (unpaired) electrons. The zero-order valence-electron chi connectivity index (χ0n) is 22.5. The molecule has 1 aromatic heterocycles. The molecular formula is C28H30F3N5O5. The van der Waals surface area contributed by atoms with Crippen LogP contribution in [0.4, 0.5) is 24.5 Å². The number of halogens is 3. The van der Waals surface area contributed by atoms with Crippen molar-refractivity contribution in [3.05, 3.63) is 65.0 Å². The van der Waals surface area contributed by atoms with Crippen molar-refractivity contribution in [2.45, 2.75) is 32.9 Å². The maximum absolute atomic E-state index is 13.8. The van der Waals surface area contributed by atoms with Crippen molar-refractivity contribution >= 4 is 29.5 Å². The molecule has 0 bridgehead atoms. The van der Waals surface area contributed by atoms with Crippen molar-refractivity contribution in [2.24, 2.45) is 11.1 Å². The van der Waals surface area contributed by atoms with E-state index in [0.717, 1.165) is 4.68 Å². The predicted molar refractivity (Wildman–Crippen MR) is 144 cm³/mol. The lowest BCUT2D eigenvalue weighted by atomic mass is 9.75. The third-order valence-corrected chi connectivity index (χ3v) is 6.43. The maximum Gasteiger partial charge on any atom is 0.435 e. The van der Waals surface area contributed by atoms with E-state index in [9.17, 15) is 27.6 Å². The van der Waals surface area contributed by atoms with Gasteiger partial charge in [0.1, 0.15) is 12.4 Å². The zero-order valence-corrected chi connectivity index (χ0v) is 22.5. The number of alkyl halides is 3. The number of nitrogens with zero attached hydrogens (tertiary/aromatic N) is 2. The number of carbonyl (C=O) groups excluding carboxylic acids is 3. The minimum absolute atomic E-state index is 0.0258. The molecule has 0 unspecified atom stereocenters. The van der Waals surface area contributed by atoms with Crippen molar-refractivity contribution < 1.29 is 37.0 Å². The third-order valence-electron chi connectivity index (χ3n) is 6.43. The fraction of sp³-hybridized carbons (Fsp3) is 0.357. The molecule has 2 amide bonds. The summed E-state index contributed by atoms with van der Waals surface area (Å²) in [5, 5.41) is 9.36. The number of nitrogens with two attached hydrogens (primary N) is 1. The quantitative estimate of drug-likeness (QED) is 0.220. The minimum Gasteiger partial charge on any atom is -0.491 e. The lowest BCUT2D eigenvalue weighted by molar-refractivity contribution is -0.141. The average Bonchev–Trinajstić information content (AvgIpc) is 3.28. The van der Waals surface area contributed by atoms with Crippen LogP contribution in [0.5, 0.6) is 5.75 Å². The summed E-state index contributed by atoms with van der Waals surface area (Å²) in [6.07, 6.45) is -4.06. The second-order valence-corrected chi connectivity index (χ2v) is 10.3. The Morgan fingerprint density at radius 3 is 2.51 bits per heavy atom. The summed E-state index contributed by atoms with van der Waals surface area (Å²) < 4.78 is 53.5. The molecule has 4 N–H and O–H groups in total. The Morgan fingerprint density at radius 2 is 1.85 bits per heavy atom. The van der Waals surface area contributed by atoms with E-state index < -0.39 is 34.5 Å². The molecule has 0 fully saturated rings. The Bertz CT molecular complexity index is 1430. The normalized spacial score (nSPS) is 14.3. The highest BCUT2D eigenvalue weighted by Gasteiger charge is 2.45. The first-order valence-corrected chi connectivity index (χ1v) is 12.8. The van der Waals surface area contributed by atoms with E-state index in [1.165, 1.54) is 18.2 Å². The number of amides is 2. The maximum atomic E-state index is 13.8. The molecule has 1 heterocycles. The van der Waals surface area contributed by atoms with Gasteiger partial charge in [-0.3, -0.25) is 14.4 Å². The lowest BCUT2D eigenvalue weighted by Crippen LogP contribution is -2.29. The first kappa shape index (κ1) is 29.6. The number of hydrogen-bond acceptors (Lipinski definition) is 7. The van der Waals surface area contributed by atoms with Crippen LogP contribution < -0.4 is 21.1 Å². The minimum atomic E-state index is -4.82. The van der Waals surface area contributed by atoms with Gasteiger partial charge in [-0.1, -0.05) is 13.8 Å². The molecule has 10 nitrogen and oxygen atoms in total. The summed E-state index contributed by atoms with van der Waals surface area (Å²) in [5.41, 5.74) is 4.69. The number of ketones is 1. The second kappa shape index (κ2) is 12.0. The van der Waals surface area contributed by atoms with Gasteiger partial charge in [-0.25, -0.2) is 4.68 Å². The molecular weight excluding hydrogens is 543 g/mol. The van der Waals surface area contributed by atoms with E-state index >= 15 is 0 Å². The smallest absolute Gasteiger partial charge is 0.435 e. The van der Waals surface area contributed by atoms with Gasteiger partial charge in [-0.05, 0) is 54.3 Å². The van der Waals surface area contributed by atoms with Gasteiger partial charge < -0.3 is 25.8 Å². The molecule has 2 aromatic carbocycles. The number of hydrogen-bond donors (Lipinski definition) is 3. The number of primary amides is 1. The van der Waals surface area contributed by atoms with Crippen LogP contribution in [0.2, 0.25) is 0 Å². The van der Waals surface area contributed by atoms with Crippen LogP contribution in [-0.4, -0.2) is 54.2 Å². The van der Waals surface area contributed by atoms with E-state index in [2.05, 4.69) is 15.7 Å². The highest BCUT2D eigenvalue weighted by atomic mass is 19.4. The molecule has 13 heteroatoms. The monoisotopic (exact) mass is 573 g/mol. The van der Waals surface area contributed by atoms with E-state index in [1.807, 2.05) is 0 Å². The van der Waals surface area contributed by atoms with Gasteiger partial charge in [0.2, 0.25) is 6.41 Å². The first-order valence-electron chi connectivity index (χ1n) is 12.8. The molecule has 0 atom stereocenters. The molecule has 0 saturated heterocycles. The summed E-state index contributed by atoms with van der Waals surface area (Å²) in [6, 6.07) is 11.2. The van der Waals surface area contributed by atoms with Crippen LogP contribution in [0.25, 0.3) is 5.69 Å². The van der Waals surface area contributed by atoms with Gasteiger partial charge in [0, 0.05) is 18.7 Å². The van der Waals surface area contributed by atoms with Gasteiger partial charge in [0.05, 0.1) is 41.4 Å². The number of ether oxygens (including phenoxy) is 2. The van der Waals surface area contributed by atoms with Crippen molar-refractivity contribution in [3.8, 4) is 11.4 Å². The van der Waals surface area contributed by atoms with E-state index in [-0.39, 0.29) is 29.8 Å². The molecule has 1 aliphatic rings. The van der Waals surface area contributed by atoms with E-state index in [0.29, 0.717) is 49.9 Å². The van der Waals surface area contributed by atoms with Crippen LogP contribution in [0.15, 0.2) is 42.5 Å². The summed E-state index contributed by atoms with van der Waals surface area (Å²) in [7, 11) is 0. The molecule has 41 heavy (non-hydrogen) atoms. The van der Waals surface area contributed by atoms with Gasteiger partial charge in [0.25, 0.3) is 5.91 Å². The summed E-state index contributed by atoms with van der Waals surface area (Å²) in [4.78, 5) is 35.3. The van der Waals surface area contributed by atoms with Crippen molar-refractivity contribution in [3.63, 3.8) is 0 Å². The standard InChI is InChI=1S/C28H30F3N5O5/c1-27(2)14-22-24(23(38)15-27)25(28(29,30)31)35-36(22)18-5-8-21(20(13-18)26(32)39)34-17-3-6-19(7-4-17)41-12-11-40-10-9-33-16-37/h3-8,13,16,34H,9-12,14-15H2,1-2H3,(H2,32,39)(H,33,37). The topological polar surface area (TPSA) is 138 Å². The summed E-state index contributed by atoms with van der Waals surface area (Å²) in [6.45, 7) is 5.03. The SMILES string of the molecule is CC1(C)CC(=O)c2c(C(F)(F)F)nn(-c3ccc(Nc4ccc(OCCOCCNC=O)cc4)c(C(N)=O)c3)c2C1. The van der Waals surface area contributed by atoms with Gasteiger partial charge in [-0.2, -0.15) is 18.3 Å². The lowest BCUT2D eigenvalue weighted by Gasteiger charge is -2.29. The number of aromatic nitrogens is 2. The predicted octanol–water partition coefficient (Wildman–Crippen LogP) is 4.03. The number of rotatable bonds is 12. The fourth-order valence-electron chi connectivity index (χ4n) is 4.64. The van der Waals surface area contributed by atoms with E-state index in [1.54, 1.807) is 38.1 Å². The van der Waals surface area contributed by atoms with Crippen LogP contribution in [0.3, 0.4) is 0 Å². The zero-order chi connectivity index (χ0) is 29.8. The highest BCUT2D eigenvalue weighted by Crippen LogP contribution is 2.42. The average molecular weight is 574 g/mol. The Balaban J connectivity index is 1.54. The number of Topliss-reactive ketones (excluding diaryl/α,β-unsaturated/α-hetero) is 1. The van der Waals surface area contributed by atoms with Crippen molar-refractivity contribution in [1.29, 1.82) is 0 Å². The Morgan fingerprint density at radius 1 is 1.12 bits per heavy atom. The van der Waals surface area contributed by atoms with Crippen LogP contribution >= 0.6 is 0 Å². The Kier molecular flexibility index (Phi) is 8.66. The number of nitrogens with one attached hydrogen (secondary N) is 2.